The van der Waals surface area contributed by atoms with Gasteiger partial charge in [-0.25, -0.2) is 8.78 Å². The van der Waals surface area contributed by atoms with Gasteiger partial charge in [-0.1, -0.05) is 168 Å². The van der Waals surface area contributed by atoms with Gasteiger partial charge in [0.15, 0.2) is 0 Å². The summed E-state index contributed by atoms with van der Waals surface area (Å²) in [5, 5.41) is 6.93. The monoisotopic (exact) mass is 816 g/mol. The Bertz CT molecular complexity index is 3370. The predicted molar refractivity (Wildman–Crippen MR) is 261 cm³/mol. The van der Waals surface area contributed by atoms with Gasteiger partial charge >= 0.3 is 0 Å². The standard InChI is InChI=1S/C58H54F2N2/c1-55(2,3)33-25-31(26-34(29-33)56(4,5)6)37-17-13-19-39-45-49-48-42(60)22-16-24-44(48)62-52-38(32-27-35(57(7,8)9)30-36(28-32)58(10,11)12)18-14-20-40(52)46(54(49)62)50-47-41(59)21-15-23-43(47)61(51(37)39)53(45)50/h13-30H,1-12H3. The maximum Gasteiger partial charge on any atom is 0.133 e. The summed E-state index contributed by atoms with van der Waals surface area (Å²) in [6.45, 7) is 27.2. The van der Waals surface area contributed by atoms with Gasteiger partial charge in [-0.2, -0.15) is 0 Å². The lowest BCUT2D eigenvalue weighted by molar-refractivity contribution is 0.568. The van der Waals surface area contributed by atoms with E-state index in [2.05, 4.69) is 177 Å². The molecule has 0 saturated carbocycles. The molecule has 310 valence electrons. The molecule has 0 N–H and O–H groups in total. The summed E-state index contributed by atoms with van der Waals surface area (Å²) in [7, 11) is 0. The first-order chi connectivity index (χ1) is 29.1. The Morgan fingerprint density at radius 3 is 0.984 bits per heavy atom. The van der Waals surface area contributed by atoms with E-state index in [1.165, 1.54) is 22.3 Å². The van der Waals surface area contributed by atoms with Crippen LogP contribution >= 0.6 is 0 Å². The molecule has 0 fully saturated rings. The maximum absolute atomic E-state index is 17.0. The smallest absolute Gasteiger partial charge is 0.133 e. The van der Waals surface area contributed by atoms with Crippen LogP contribution in [-0.4, -0.2) is 8.80 Å². The number of hydrogen-bond acceptors (Lipinski definition) is 0. The third-order valence-corrected chi connectivity index (χ3v) is 13.9. The number of benzene rings is 7. The van der Waals surface area contributed by atoms with Gasteiger partial charge in [0.05, 0.1) is 33.1 Å². The van der Waals surface area contributed by atoms with Gasteiger partial charge in [-0.3, -0.25) is 0 Å². The van der Waals surface area contributed by atoms with Crippen LogP contribution in [0.1, 0.15) is 105 Å². The zero-order valence-electron chi connectivity index (χ0n) is 38.0. The lowest BCUT2D eigenvalue weighted by Crippen LogP contribution is -2.16. The summed E-state index contributed by atoms with van der Waals surface area (Å²) < 4.78 is 38.6. The first kappa shape index (κ1) is 38.9. The summed E-state index contributed by atoms with van der Waals surface area (Å²) in [5.74, 6) is -0.519. The zero-order valence-corrected chi connectivity index (χ0v) is 38.0. The largest absolute Gasteiger partial charge is 0.307 e. The fraction of sp³-hybridized carbons (Fsp3) is 0.276. The Morgan fingerprint density at radius 1 is 0.339 bits per heavy atom. The van der Waals surface area contributed by atoms with E-state index in [9.17, 15) is 0 Å². The quantitative estimate of drug-likeness (QED) is 0.164. The van der Waals surface area contributed by atoms with Crippen molar-refractivity contribution in [2.24, 2.45) is 0 Å². The Morgan fingerprint density at radius 2 is 0.661 bits per heavy atom. The van der Waals surface area contributed by atoms with Crippen molar-refractivity contribution in [1.29, 1.82) is 0 Å². The van der Waals surface area contributed by atoms with E-state index >= 15 is 8.78 Å². The Hall–Kier alpha value is -6.00. The minimum absolute atomic E-state index is 0.0838. The predicted octanol–water partition coefficient (Wildman–Crippen LogP) is 16.8. The second-order valence-electron chi connectivity index (χ2n) is 22.1. The fourth-order valence-corrected chi connectivity index (χ4v) is 10.5. The van der Waals surface area contributed by atoms with Gasteiger partial charge in [0.2, 0.25) is 0 Å². The molecule has 0 spiro atoms. The molecule has 7 aromatic carbocycles. The molecular formula is C58H54F2N2. The molecule has 0 aliphatic carbocycles. The number of hydrogen-bond donors (Lipinski definition) is 0. The molecule has 0 saturated heterocycles. The van der Waals surface area contributed by atoms with E-state index in [0.29, 0.717) is 10.8 Å². The van der Waals surface area contributed by atoms with Crippen LogP contribution in [0.2, 0.25) is 0 Å². The van der Waals surface area contributed by atoms with Gasteiger partial charge in [-0.15, -0.1) is 0 Å². The molecule has 0 bridgehead atoms. The molecule has 0 radical (unpaired) electrons. The summed E-state index contributed by atoms with van der Waals surface area (Å²) >= 11 is 0. The van der Waals surface area contributed by atoms with Crippen molar-refractivity contribution in [3.63, 3.8) is 0 Å². The van der Waals surface area contributed by atoms with E-state index in [0.717, 1.165) is 87.7 Å². The van der Waals surface area contributed by atoms with Crippen molar-refractivity contribution in [3.8, 4) is 22.3 Å². The topological polar surface area (TPSA) is 8.82 Å². The summed E-state index contributed by atoms with van der Waals surface area (Å²) in [6, 6.07) is 38.1. The Labute approximate surface area is 362 Å². The van der Waals surface area contributed by atoms with Crippen LogP contribution in [0.3, 0.4) is 0 Å². The molecule has 4 heterocycles. The van der Waals surface area contributed by atoms with Gasteiger partial charge in [-0.05, 0) is 79.3 Å². The van der Waals surface area contributed by atoms with E-state index in [1.54, 1.807) is 12.1 Å². The normalized spacial score (nSPS) is 13.6. The number of para-hydroxylation sites is 2. The van der Waals surface area contributed by atoms with E-state index in [4.69, 9.17) is 0 Å². The number of nitrogens with zero attached hydrogens (tertiary/aromatic N) is 2. The molecule has 11 aromatic rings. The zero-order chi connectivity index (χ0) is 43.7. The highest BCUT2D eigenvalue weighted by atomic mass is 19.1. The third-order valence-electron chi connectivity index (χ3n) is 13.9. The molecular weight excluding hydrogens is 763 g/mol. The number of halogens is 2. The van der Waals surface area contributed by atoms with Crippen LogP contribution in [0, 0.1) is 11.6 Å². The van der Waals surface area contributed by atoms with Gasteiger partial charge < -0.3 is 8.80 Å². The molecule has 4 aromatic heterocycles. The highest BCUT2D eigenvalue weighted by Crippen LogP contribution is 2.54. The van der Waals surface area contributed by atoms with Crippen molar-refractivity contribution in [2.45, 2.75) is 105 Å². The lowest BCUT2D eigenvalue weighted by atomic mass is 9.78. The third kappa shape index (κ3) is 5.25. The van der Waals surface area contributed by atoms with Crippen molar-refractivity contribution < 1.29 is 8.78 Å². The average Bonchev–Trinajstić information content (AvgIpc) is 3.93. The van der Waals surface area contributed by atoms with Crippen molar-refractivity contribution in [2.75, 3.05) is 0 Å². The minimum Gasteiger partial charge on any atom is -0.307 e. The van der Waals surface area contributed by atoms with Crippen molar-refractivity contribution >= 4 is 76.2 Å². The molecule has 0 amide bonds. The molecule has 0 aliphatic heterocycles. The first-order valence-corrected chi connectivity index (χ1v) is 22.2. The van der Waals surface area contributed by atoms with E-state index in [-0.39, 0.29) is 33.3 Å². The molecule has 62 heavy (non-hydrogen) atoms. The highest BCUT2D eigenvalue weighted by Gasteiger charge is 2.33. The molecule has 2 nitrogen and oxygen atoms in total. The van der Waals surface area contributed by atoms with E-state index < -0.39 is 0 Å². The van der Waals surface area contributed by atoms with Gasteiger partial charge in [0.25, 0.3) is 0 Å². The van der Waals surface area contributed by atoms with Crippen LogP contribution in [0.4, 0.5) is 8.78 Å². The fourth-order valence-electron chi connectivity index (χ4n) is 10.5. The number of aromatic nitrogens is 2. The maximum atomic E-state index is 17.0. The lowest BCUT2D eigenvalue weighted by Gasteiger charge is -2.26. The summed E-state index contributed by atoms with van der Waals surface area (Å²) in [6.07, 6.45) is 0. The van der Waals surface area contributed by atoms with Crippen LogP contribution in [0.25, 0.3) is 98.4 Å². The SMILES string of the molecule is CC(C)(C)c1cc(-c2cccc3c4c5c6c(F)cccc6n6c7c(-c8cc(C(C)(C)C)cc(C(C)(C)C)c8)cccc7c(c7c8c(F)cccc8n(c23)c47)c56)cc(C(C)(C)C)c1. The van der Waals surface area contributed by atoms with Gasteiger partial charge in [0.1, 0.15) is 11.6 Å². The van der Waals surface area contributed by atoms with Crippen LogP contribution < -0.4 is 0 Å². The molecule has 0 atom stereocenters. The first-order valence-electron chi connectivity index (χ1n) is 22.2. The van der Waals surface area contributed by atoms with E-state index in [1.807, 2.05) is 12.1 Å². The van der Waals surface area contributed by atoms with Crippen molar-refractivity contribution in [1.82, 2.24) is 8.80 Å². The van der Waals surface area contributed by atoms with Crippen LogP contribution in [0.15, 0.2) is 109 Å². The second-order valence-corrected chi connectivity index (χ2v) is 22.1. The molecule has 0 unspecified atom stereocenters. The summed E-state index contributed by atoms with van der Waals surface area (Å²) in [5.41, 5.74) is 14.6. The Kier molecular flexibility index (Phi) is 7.74. The van der Waals surface area contributed by atoms with Gasteiger partial charge in [0, 0.05) is 54.2 Å². The molecule has 0 aliphatic rings. The summed E-state index contributed by atoms with van der Waals surface area (Å²) in [4.78, 5) is 0. The van der Waals surface area contributed by atoms with Crippen LogP contribution in [0.5, 0.6) is 0 Å². The van der Waals surface area contributed by atoms with Crippen LogP contribution in [-0.2, 0) is 21.7 Å². The highest BCUT2D eigenvalue weighted by molar-refractivity contribution is 6.46. The van der Waals surface area contributed by atoms with Crippen molar-refractivity contribution in [3.05, 3.63) is 143 Å². The second kappa shape index (κ2) is 12.3. The Balaban J connectivity index is 1.39. The molecule has 4 heteroatoms. The minimum atomic E-state index is -0.260. The average molecular weight is 817 g/mol. The molecule has 11 rings (SSSR count). The number of rotatable bonds is 2. The number of fused-ring (bicyclic) bond motifs is 14.